The first-order chi connectivity index (χ1) is 28.2. The molecule has 0 radical (unpaired) electrons. The van der Waals surface area contributed by atoms with Crippen molar-refractivity contribution >= 4 is 66.7 Å². The van der Waals surface area contributed by atoms with E-state index in [0.717, 1.165) is 0 Å². The second-order valence-corrected chi connectivity index (χ2v) is 19.5. The number of hydrogen-bond donors (Lipinski definition) is 0. The molecule has 10 rings (SSSR count). The van der Waals surface area contributed by atoms with E-state index in [1.807, 2.05) is 13.8 Å². The molecule has 0 saturated carbocycles. The summed E-state index contributed by atoms with van der Waals surface area (Å²) in [4.78, 5) is 0. The van der Waals surface area contributed by atoms with Crippen molar-refractivity contribution in [1.82, 2.24) is 9.13 Å². The number of benzene rings is 7. The van der Waals surface area contributed by atoms with Crippen LogP contribution in [0.4, 0.5) is 0 Å². The van der Waals surface area contributed by atoms with E-state index in [1.165, 1.54) is 99.2 Å². The van der Waals surface area contributed by atoms with Crippen LogP contribution in [0.1, 0.15) is 92.9 Å². The van der Waals surface area contributed by atoms with Crippen LogP contribution < -0.4 is 16.4 Å². The summed E-state index contributed by atoms with van der Waals surface area (Å²) in [7, 11) is 0. The molecule has 1 aliphatic rings. The molecule has 3 heteroatoms. The molecule has 0 atom stereocenters. The smallest absolute Gasteiger partial charge is 0.243 e. The molecule has 1 aliphatic heterocycles. The van der Waals surface area contributed by atoms with Gasteiger partial charge in [-0.1, -0.05) is 190 Å². The van der Waals surface area contributed by atoms with Crippen LogP contribution in [0, 0.1) is 0 Å². The van der Waals surface area contributed by atoms with Gasteiger partial charge in [-0.2, -0.15) is 0 Å². The van der Waals surface area contributed by atoms with Crippen LogP contribution >= 0.6 is 0 Å². The zero-order valence-electron chi connectivity index (χ0n) is 36.8. The van der Waals surface area contributed by atoms with Crippen LogP contribution in [0.25, 0.3) is 66.1 Å². The minimum absolute atomic E-state index is 0.0262. The third-order valence-corrected chi connectivity index (χ3v) is 12.6. The van der Waals surface area contributed by atoms with Gasteiger partial charge in [0.2, 0.25) is 6.71 Å². The fraction of sp³-hybridized carbons (Fsp3) is 0.250. The van der Waals surface area contributed by atoms with Gasteiger partial charge >= 0.3 is 0 Å². The Morgan fingerprint density at radius 2 is 0.695 bits per heavy atom. The molecule has 0 bridgehead atoms. The monoisotopic (exact) mass is 768 g/mol. The molecular formula is C56H57BN2. The molecule has 9 aromatic rings. The minimum atomic E-state index is -0.0642. The predicted molar refractivity (Wildman–Crippen MR) is 259 cm³/mol. The van der Waals surface area contributed by atoms with E-state index in [1.54, 1.807) is 0 Å². The summed E-state index contributed by atoms with van der Waals surface area (Å²) in [6, 6.07) is 55.1. The van der Waals surface area contributed by atoms with Crippen LogP contribution in [0.15, 0.2) is 146 Å². The Balaban J connectivity index is 0.00000221. The van der Waals surface area contributed by atoms with Gasteiger partial charge in [-0.05, 0) is 92.6 Å². The lowest BCUT2D eigenvalue weighted by Gasteiger charge is -2.35. The highest BCUT2D eigenvalue weighted by atomic mass is 15.0. The van der Waals surface area contributed by atoms with Gasteiger partial charge in [-0.3, -0.25) is 0 Å². The Labute approximate surface area is 351 Å². The minimum Gasteiger partial charge on any atom is -0.309 e. The molecule has 0 amide bonds. The van der Waals surface area contributed by atoms with Crippen molar-refractivity contribution in [2.45, 2.75) is 92.4 Å². The topological polar surface area (TPSA) is 9.86 Å². The van der Waals surface area contributed by atoms with E-state index in [0.29, 0.717) is 0 Å². The first-order valence-corrected chi connectivity index (χ1v) is 21.6. The van der Waals surface area contributed by atoms with Crippen molar-refractivity contribution in [3.63, 3.8) is 0 Å². The third kappa shape index (κ3) is 6.16. The van der Waals surface area contributed by atoms with Gasteiger partial charge in [-0.25, -0.2) is 0 Å². The van der Waals surface area contributed by atoms with Gasteiger partial charge in [0.1, 0.15) is 0 Å². The molecule has 2 nitrogen and oxygen atoms in total. The van der Waals surface area contributed by atoms with Crippen molar-refractivity contribution < 1.29 is 0 Å². The van der Waals surface area contributed by atoms with E-state index in [-0.39, 0.29) is 23.0 Å². The summed E-state index contributed by atoms with van der Waals surface area (Å²) >= 11 is 0. The maximum atomic E-state index is 2.54. The lowest BCUT2D eigenvalue weighted by atomic mass is 9.35. The maximum absolute atomic E-state index is 2.54. The number of para-hydroxylation sites is 4. The molecule has 3 heterocycles. The standard InChI is InChI=1S/C54H51BN2.C2H6/c1-52(2,3)34-30-43(53(4,5)6)51(44(31-34)54(7,8)9)55-45-28-26-35(56-47-22-14-10-18-37(47)38-19-11-15-23-48(38)56)32-41(45)42-33-36(27-29-46(42)55)57-49-24-16-12-20-39(49)40-21-13-17-25-50(40)57;1-2/h10-33H,1-9H3;1-2H3. The number of fused-ring (bicyclic) bond motifs is 9. The summed E-state index contributed by atoms with van der Waals surface area (Å²) in [5.41, 5.74) is 18.4. The Hall–Kier alpha value is -5.80. The summed E-state index contributed by atoms with van der Waals surface area (Å²) < 4.78 is 4.93. The van der Waals surface area contributed by atoms with Gasteiger partial charge in [0.25, 0.3) is 0 Å². The summed E-state index contributed by atoms with van der Waals surface area (Å²) in [5, 5.41) is 5.13. The quantitative estimate of drug-likeness (QED) is 0.158. The van der Waals surface area contributed by atoms with Gasteiger partial charge < -0.3 is 9.13 Å². The Morgan fingerprint density at radius 1 is 0.373 bits per heavy atom. The fourth-order valence-corrected chi connectivity index (χ4v) is 9.85. The third-order valence-electron chi connectivity index (χ3n) is 12.6. The maximum Gasteiger partial charge on any atom is 0.243 e. The molecule has 7 aromatic carbocycles. The molecule has 0 N–H and O–H groups in total. The molecule has 294 valence electrons. The highest BCUT2D eigenvalue weighted by molar-refractivity contribution is 6.99. The van der Waals surface area contributed by atoms with Crippen LogP contribution in [-0.4, -0.2) is 15.8 Å². The molecular weight excluding hydrogens is 711 g/mol. The van der Waals surface area contributed by atoms with E-state index >= 15 is 0 Å². The molecule has 0 saturated heterocycles. The highest BCUT2D eigenvalue weighted by Gasteiger charge is 2.41. The number of nitrogens with zero attached hydrogens (tertiary/aromatic N) is 2. The number of hydrogen-bond acceptors (Lipinski definition) is 0. The van der Waals surface area contributed by atoms with Gasteiger partial charge in [0.05, 0.1) is 22.1 Å². The van der Waals surface area contributed by atoms with Crippen molar-refractivity contribution in [3.8, 4) is 22.5 Å². The van der Waals surface area contributed by atoms with E-state index < -0.39 is 0 Å². The second-order valence-electron chi connectivity index (χ2n) is 19.5. The zero-order valence-corrected chi connectivity index (χ0v) is 36.8. The van der Waals surface area contributed by atoms with Crippen LogP contribution in [0.3, 0.4) is 0 Å². The Bertz CT molecular complexity index is 2770. The largest absolute Gasteiger partial charge is 0.309 e. The number of rotatable bonds is 3. The lowest BCUT2D eigenvalue weighted by molar-refractivity contribution is 0.553. The molecule has 0 fully saturated rings. The summed E-state index contributed by atoms with van der Waals surface area (Å²) in [5.74, 6) is 0. The Kier molecular flexibility index (Phi) is 9.12. The van der Waals surface area contributed by atoms with Crippen LogP contribution in [-0.2, 0) is 16.2 Å². The van der Waals surface area contributed by atoms with Gasteiger partial charge in [0.15, 0.2) is 0 Å². The molecule has 59 heavy (non-hydrogen) atoms. The second kappa shape index (κ2) is 13.9. The van der Waals surface area contributed by atoms with Gasteiger partial charge in [-0.15, -0.1) is 0 Å². The van der Waals surface area contributed by atoms with Gasteiger partial charge in [0, 0.05) is 32.9 Å². The first kappa shape index (κ1) is 38.7. The van der Waals surface area contributed by atoms with E-state index in [2.05, 4.69) is 217 Å². The van der Waals surface area contributed by atoms with Crippen molar-refractivity contribution in [2.24, 2.45) is 0 Å². The normalized spacial score (nSPS) is 13.0. The van der Waals surface area contributed by atoms with Crippen LogP contribution in [0.5, 0.6) is 0 Å². The highest BCUT2D eigenvalue weighted by Crippen LogP contribution is 2.39. The van der Waals surface area contributed by atoms with Crippen molar-refractivity contribution in [2.75, 3.05) is 0 Å². The molecule has 0 unspecified atom stereocenters. The first-order valence-electron chi connectivity index (χ1n) is 21.6. The van der Waals surface area contributed by atoms with Crippen molar-refractivity contribution in [3.05, 3.63) is 162 Å². The Morgan fingerprint density at radius 3 is 1.00 bits per heavy atom. The SMILES string of the molecule is CC.CC(C)(C)c1cc(C(C)(C)C)c(B2c3ccc(-n4c5ccccc5c5ccccc54)cc3-c3cc(-n4c5ccccc5c5ccccc54)ccc32)c(C(C)(C)C)c1. The van der Waals surface area contributed by atoms with E-state index in [9.17, 15) is 0 Å². The molecule has 2 aromatic heterocycles. The lowest BCUT2D eigenvalue weighted by Crippen LogP contribution is -2.54. The average Bonchev–Trinajstić information content (AvgIpc) is 3.85. The number of aromatic nitrogens is 2. The summed E-state index contributed by atoms with van der Waals surface area (Å²) in [6.07, 6.45) is 0. The zero-order chi connectivity index (χ0) is 41.6. The van der Waals surface area contributed by atoms with E-state index in [4.69, 9.17) is 0 Å². The summed E-state index contributed by atoms with van der Waals surface area (Å²) in [6.45, 7) is 25.6. The predicted octanol–water partition coefficient (Wildman–Crippen LogP) is 13.3. The average molecular weight is 769 g/mol. The molecule has 0 aliphatic carbocycles. The molecule has 0 spiro atoms. The van der Waals surface area contributed by atoms with Crippen LogP contribution in [0.2, 0.25) is 0 Å². The fourth-order valence-electron chi connectivity index (χ4n) is 9.85. The van der Waals surface area contributed by atoms with Crippen molar-refractivity contribution in [1.29, 1.82) is 0 Å².